The van der Waals surface area contributed by atoms with E-state index in [9.17, 15) is 45.5 Å². The van der Waals surface area contributed by atoms with Crippen LogP contribution >= 0.6 is 0 Å². The molecule has 3 aromatic rings. The van der Waals surface area contributed by atoms with E-state index in [0.717, 1.165) is 21.9 Å². The van der Waals surface area contributed by atoms with Crippen molar-refractivity contribution in [3.05, 3.63) is 89.2 Å². The van der Waals surface area contributed by atoms with E-state index in [2.05, 4.69) is 5.10 Å². The Labute approximate surface area is 275 Å². The predicted octanol–water partition coefficient (Wildman–Crippen LogP) is 4.91. The van der Waals surface area contributed by atoms with Crippen LogP contribution in [-0.4, -0.2) is 87.3 Å². The summed E-state index contributed by atoms with van der Waals surface area (Å²) in [5.74, 6) is -3.31. The molecule has 2 aromatic carbocycles. The highest BCUT2D eigenvalue weighted by molar-refractivity contribution is 5.98. The first-order valence-electron chi connectivity index (χ1n) is 15.5. The number of halogens is 6. The van der Waals surface area contributed by atoms with Crippen LogP contribution in [0.2, 0.25) is 0 Å². The molecule has 1 spiro atoms. The number of alkyl halides is 6. The van der Waals surface area contributed by atoms with Crippen molar-refractivity contribution in [3.8, 4) is 0 Å². The van der Waals surface area contributed by atoms with Crippen LogP contribution in [0.5, 0.6) is 0 Å². The Bertz CT molecular complexity index is 1800. The van der Waals surface area contributed by atoms with Crippen LogP contribution in [-0.2, 0) is 27.0 Å². The molecule has 4 heterocycles. The van der Waals surface area contributed by atoms with Gasteiger partial charge >= 0.3 is 18.4 Å². The third-order valence-corrected chi connectivity index (χ3v) is 10.0. The van der Waals surface area contributed by atoms with Gasteiger partial charge in [0.15, 0.2) is 0 Å². The number of ether oxygens (including phenoxy) is 1. The minimum Gasteiger partial charge on any atom is -0.446 e. The molecule has 3 saturated heterocycles. The number of amides is 4. The Morgan fingerprint density at radius 1 is 0.898 bits per heavy atom. The van der Waals surface area contributed by atoms with Gasteiger partial charge in [-0.1, -0.05) is 42.5 Å². The van der Waals surface area contributed by atoms with E-state index in [1.54, 1.807) is 30.3 Å². The number of likely N-dealkylation sites (tertiary alicyclic amines) is 2. The van der Waals surface area contributed by atoms with Crippen molar-refractivity contribution in [1.29, 1.82) is 0 Å². The summed E-state index contributed by atoms with van der Waals surface area (Å²) in [6.07, 6.45) is -8.06. The summed E-state index contributed by atoms with van der Waals surface area (Å²) in [4.78, 5) is 57.4. The molecule has 0 unspecified atom stereocenters. The number of carbonyl (C=O) groups is 4. The van der Waals surface area contributed by atoms with Gasteiger partial charge in [-0.25, -0.2) is 9.69 Å². The number of imide groups is 1. The second kappa shape index (κ2) is 11.3. The lowest BCUT2D eigenvalue weighted by Crippen LogP contribution is -2.66. The topological polar surface area (TPSA) is 105 Å². The standard InChI is InChI=1S/C33H29F6N5O5/c34-32(35,36)23-8-6-20(7-9-23)13-43-14-22(12-40-43)26(45)41-15-24(27(46)44-25(16-49-29(44)48)21-4-2-1-3-5-21)30(17-41)18-42(19-30)28(47)31(10-11-31)33(37,38)39/h1-9,12,14,24-25H,10-11,13,15-19H2/t24-,25-/m0/s1. The van der Waals surface area contributed by atoms with E-state index in [0.29, 0.717) is 11.1 Å². The Balaban J connectivity index is 1.12. The van der Waals surface area contributed by atoms with Crippen molar-refractivity contribution in [3.63, 3.8) is 0 Å². The van der Waals surface area contributed by atoms with Crippen LogP contribution in [0.15, 0.2) is 67.0 Å². The fraction of sp³-hybridized carbons (Fsp3) is 0.424. The van der Waals surface area contributed by atoms with Crippen molar-refractivity contribution in [2.24, 2.45) is 16.7 Å². The van der Waals surface area contributed by atoms with Gasteiger partial charge in [0.2, 0.25) is 11.8 Å². The molecule has 1 aromatic heterocycles. The average Bonchev–Trinajstić information content (AvgIpc) is 3.37. The number of hydrogen-bond acceptors (Lipinski definition) is 6. The Morgan fingerprint density at radius 3 is 2.16 bits per heavy atom. The molecule has 0 bridgehead atoms. The summed E-state index contributed by atoms with van der Waals surface area (Å²) < 4.78 is 86.8. The molecule has 10 nitrogen and oxygen atoms in total. The molecule has 0 N–H and O–H groups in total. The number of aromatic nitrogens is 2. The number of cyclic esters (lactones) is 1. The van der Waals surface area contributed by atoms with E-state index in [4.69, 9.17) is 4.74 Å². The highest BCUT2D eigenvalue weighted by Gasteiger charge is 2.72. The van der Waals surface area contributed by atoms with Gasteiger partial charge in [0.1, 0.15) is 18.1 Å². The van der Waals surface area contributed by atoms with Crippen molar-refractivity contribution < 1.29 is 50.3 Å². The molecule has 1 saturated carbocycles. The van der Waals surface area contributed by atoms with Gasteiger partial charge < -0.3 is 14.5 Å². The molecule has 16 heteroatoms. The Hall–Kier alpha value is -4.89. The lowest BCUT2D eigenvalue weighted by atomic mass is 9.70. The first-order chi connectivity index (χ1) is 23.1. The predicted molar refractivity (Wildman–Crippen MR) is 156 cm³/mol. The number of carbonyl (C=O) groups excluding carboxylic acids is 4. The van der Waals surface area contributed by atoms with Crippen molar-refractivity contribution in [2.75, 3.05) is 32.8 Å². The molecule has 4 amide bonds. The third kappa shape index (κ3) is 5.60. The molecule has 3 aliphatic heterocycles. The van der Waals surface area contributed by atoms with Gasteiger partial charge in [-0.05, 0) is 36.1 Å². The lowest BCUT2D eigenvalue weighted by Gasteiger charge is -2.51. The fourth-order valence-electron chi connectivity index (χ4n) is 7.17. The van der Waals surface area contributed by atoms with Crippen molar-refractivity contribution in [2.45, 2.75) is 37.8 Å². The molecule has 1 aliphatic carbocycles. The van der Waals surface area contributed by atoms with Gasteiger partial charge in [0, 0.05) is 37.8 Å². The van der Waals surface area contributed by atoms with Gasteiger partial charge in [-0.2, -0.15) is 31.4 Å². The lowest BCUT2D eigenvalue weighted by molar-refractivity contribution is -0.205. The Morgan fingerprint density at radius 2 is 1.55 bits per heavy atom. The fourth-order valence-corrected chi connectivity index (χ4v) is 7.17. The minimum atomic E-state index is -4.72. The first-order valence-corrected chi connectivity index (χ1v) is 15.5. The van der Waals surface area contributed by atoms with Crippen LogP contribution in [0.1, 0.15) is 45.9 Å². The van der Waals surface area contributed by atoms with Crippen LogP contribution in [0, 0.1) is 16.7 Å². The van der Waals surface area contributed by atoms with Crippen LogP contribution in [0.25, 0.3) is 0 Å². The molecular weight excluding hydrogens is 660 g/mol. The van der Waals surface area contributed by atoms with Crippen LogP contribution in [0.3, 0.4) is 0 Å². The second-order valence-electron chi connectivity index (χ2n) is 13.2. The third-order valence-electron chi connectivity index (χ3n) is 10.0. The van der Waals surface area contributed by atoms with Gasteiger partial charge in [-0.15, -0.1) is 0 Å². The minimum absolute atomic E-state index is 0.0619. The quantitative estimate of drug-likeness (QED) is 0.341. The molecular formula is C33H29F6N5O5. The highest BCUT2D eigenvalue weighted by Crippen LogP contribution is 2.60. The molecule has 0 radical (unpaired) electrons. The second-order valence-corrected chi connectivity index (χ2v) is 13.2. The zero-order chi connectivity index (χ0) is 34.9. The Kier molecular flexibility index (Phi) is 7.55. The summed E-state index contributed by atoms with van der Waals surface area (Å²) in [6.45, 7) is -0.723. The maximum atomic E-state index is 14.2. The summed E-state index contributed by atoms with van der Waals surface area (Å²) in [6, 6.07) is 12.4. The zero-order valence-electron chi connectivity index (χ0n) is 25.7. The molecule has 4 fully saturated rings. The number of rotatable bonds is 6. The molecule has 2 atom stereocenters. The first kappa shape index (κ1) is 32.6. The average molecular weight is 690 g/mol. The summed E-state index contributed by atoms with van der Waals surface area (Å²) in [5.41, 5.74) is -3.13. The molecule has 4 aliphatic rings. The molecule has 7 rings (SSSR count). The van der Waals surface area contributed by atoms with E-state index >= 15 is 0 Å². The zero-order valence-corrected chi connectivity index (χ0v) is 25.7. The maximum absolute atomic E-state index is 14.2. The van der Waals surface area contributed by atoms with Gasteiger partial charge in [-0.3, -0.25) is 19.1 Å². The number of benzene rings is 2. The van der Waals surface area contributed by atoms with Crippen molar-refractivity contribution >= 4 is 23.8 Å². The summed E-state index contributed by atoms with van der Waals surface area (Å²) >= 11 is 0. The number of nitrogens with zero attached hydrogens (tertiary/aromatic N) is 5. The molecule has 258 valence electrons. The van der Waals surface area contributed by atoms with Crippen LogP contribution < -0.4 is 0 Å². The van der Waals surface area contributed by atoms with E-state index in [1.807, 2.05) is 0 Å². The highest BCUT2D eigenvalue weighted by atomic mass is 19.4. The monoisotopic (exact) mass is 689 g/mol. The van der Waals surface area contributed by atoms with Gasteiger partial charge in [0.05, 0.1) is 29.8 Å². The normalized spacial score (nSPS) is 22.7. The summed E-state index contributed by atoms with van der Waals surface area (Å²) in [5, 5.41) is 4.16. The number of hydrogen-bond donors (Lipinski definition) is 0. The van der Waals surface area contributed by atoms with E-state index in [-0.39, 0.29) is 57.7 Å². The maximum Gasteiger partial charge on any atom is 0.417 e. The smallest absolute Gasteiger partial charge is 0.417 e. The van der Waals surface area contributed by atoms with Crippen LogP contribution in [0.4, 0.5) is 31.1 Å². The van der Waals surface area contributed by atoms with Gasteiger partial charge in [0.25, 0.3) is 5.91 Å². The molecule has 49 heavy (non-hydrogen) atoms. The summed E-state index contributed by atoms with van der Waals surface area (Å²) in [7, 11) is 0. The van der Waals surface area contributed by atoms with E-state index < -0.39 is 64.5 Å². The largest absolute Gasteiger partial charge is 0.446 e. The van der Waals surface area contributed by atoms with Crippen molar-refractivity contribution in [1.82, 2.24) is 24.5 Å². The van der Waals surface area contributed by atoms with E-state index in [1.165, 1.54) is 34.1 Å². The SMILES string of the molecule is O=C(c1cnn(Cc2ccc(C(F)(F)F)cc2)c1)N1C[C@@H](C(=O)N2C(=O)OC[C@H]2c2ccccc2)C2(C1)CN(C(=O)C1(C(F)(F)F)CC1)C2.